The number of halogens is 4. The molecule has 0 spiro atoms. The third kappa shape index (κ3) is 6.66. The Morgan fingerprint density at radius 3 is 2.48 bits per heavy atom. The number of anilines is 1. The van der Waals surface area contributed by atoms with Gasteiger partial charge in [0.15, 0.2) is 0 Å². The molecule has 2 heterocycles. The van der Waals surface area contributed by atoms with E-state index in [-0.39, 0.29) is 36.2 Å². The Hall–Kier alpha value is -1.61. The van der Waals surface area contributed by atoms with E-state index in [0.717, 1.165) is 5.56 Å². The minimum Gasteiger partial charge on any atom is -0.368 e. The molecule has 0 bridgehead atoms. The Labute approximate surface area is 150 Å². The fraction of sp³-hybridized carbons (Fsp3) is 0.667. The number of likely N-dealkylation sites (tertiary alicyclic amines) is 1. The van der Waals surface area contributed by atoms with Gasteiger partial charge in [0.1, 0.15) is 6.42 Å². The second-order valence-corrected chi connectivity index (χ2v) is 6.52. The number of nitrogen functional groups attached to an aromatic ring is 1. The van der Waals surface area contributed by atoms with Crippen LogP contribution in [0, 0.1) is 11.8 Å². The number of alkyl halides is 3. The topological polar surface area (TPSA) is 84.1 Å². The zero-order chi connectivity index (χ0) is 17.9. The van der Waals surface area contributed by atoms with E-state index in [4.69, 9.17) is 5.73 Å². The van der Waals surface area contributed by atoms with Gasteiger partial charge in [-0.25, -0.2) is 9.97 Å². The maximum atomic E-state index is 12.3. The molecule has 0 aliphatic carbocycles. The van der Waals surface area contributed by atoms with Crippen molar-refractivity contribution in [3.05, 3.63) is 18.0 Å². The number of carbonyl (C=O) groups excluding carboxylic acids is 1. The molecule has 1 saturated heterocycles. The molecular formula is C15H23ClF3N5O. The molecule has 3 N–H and O–H groups in total. The number of aromatic nitrogens is 2. The second-order valence-electron chi connectivity index (χ2n) is 6.52. The standard InChI is InChI=1S/C15H22F3N5O.ClH/c1-9(2)11-7-23(6-10-4-20-14(19)21-5-10)8-12(11)22-13(24)3-15(16,17)18;/h4-5,9,11-12H,3,6-8H2,1-2H3,(H,22,24)(H2,19,20,21);1H/t11-,12+;/m1./s1. The zero-order valence-electron chi connectivity index (χ0n) is 14.1. The van der Waals surface area contributed by atoms with Gasteiger partial charge in [-0.3, -0.25) is 9.69 Å². The average molecular weight is 382 g/mol. The summed E-state index contributed by atoms with van der Waals surface area (Å²) in [6.45, 7) is 5.76. The van der Waals surface area contributed by atoms with Gasteiger partial charge in [0, 0.05) is 43.6 Å². The number of carbonyl (C=O) groups is 1. The van der Waals surface area contributed by atoms with Gasteiger partial charge in [-0.1, -0.05) is 13.8 Å². The molecular weight excluding hydrogens is 359 g/mol. The monoisotopic (exact) mass is 381 g/mol. The van der Waals surface area contributed by atoms with E-state index < -0.39 is 18.5 Å². The van der Waals surface area contributed by atoms with Gasteiger partial charge in [0.05, 0.1) is 0 Å². The average Bonchev–Trinajstić information content (AvgIpc) is 2.82. The highest BCUT2D eigenvalue weighted by atomic mass is 35.5. The number of nitrogens with two attached hydrogens (primary N) is 1. The van der Waals surface area contributed by atoms with Gasteiger partial charge in [-0.15, -0.1) is 12.4 Å². The van der Waals surface area contributed by atoms with Crippen molar-refractivity contribution in [2.75, 3.05) is 18.8 Å². The number of nitrogens with one attached hydrogen (secondary N) is 1. The van der Waals surface area contributed by atoms with Crippen LogP contribution < -0.4 is 11.1 Å². The molecule has 0 saturated carbocycles. The van der Waals surface area contributed by atoms with Crippen molar-refractivity contribution in [1.82, 2.24) is 20.2 Å². The van der Waals surface area contributed by atoms with E-state index in [1.54, 1.807) is 12.4 Å². The van der Waals surface area contributed by atoms with Crippen LogP contribution in [0.25, 0.3) is 0 Å². The van der Waals surface area contributed by atoms with Crippen LogP contribution in [0.2, 0.25) is 0 Å². The van der Waals surface area contributed by atoms with Gasteiger partial charge in [-0.05, 0) is 11.8 Å². The lowest BCUT2D eigenvalue weighted by Gasteiger charge is -2.23. The van der Waals surface area contributed by atoms with Crippen LogP contribution >= 0.6 is 12.4 Å². The van der Waals surface area contributed by atoms with Crippen LogP contribution in [0.5, 0.6) is 0 Å². The molecule has 10 heteroatoms. The Bertz CT molecular complexity index is 567. The summed E-state index contributed by atoms with van der Waals surface area (Å²) in [5.74, 6) is -0.445. The molecule has 6 nitrogen and oxygen atoms in total. The van der Waals surface area contributed by atoms with Crippen LogP contribution in [-0.4, -0.2) is 46.1 Å². The van der Waals surface area contributed by atoms with Gasteiger partial charge in [-0.2, -0.15) is 13.2 Å². The van der Waals surface area contributed by atoms with Crippen molar-refractivity contribution in [2.24, 2.45) is 11.8 Å². The number of amides is 1. The molecule has 0 aromatic carbocycles. The largest absolute Gasteiger partial charge is 0.397 e. The summed E-state index contributed by atoms with van der Waals surface area (Å²) in [5, 5.41) is 2.54. The molecule has 2 atom stereocenters. The zero-order valence-corrected chi connectivity index (χ0v) is 14.9. The number of nitrogens with zero attached hydrogens (tertiary/aromatic N) is 3. The molecule has 0 unspecified atom stereocenters. The Morgan fingerprint density at radius 1 is 1.36 bits per heavy atom. The summed E-state index contributed by atoms with van der Waals surface area (Å²) in [4.78, 5) is 21.5. The molecule has 1 amide bonds. The predicted molar refractivity (Wildman–Crippen MR) is 89.9 cm³/mol. The van der Waals surface area contributed by atoms with Crippen LogP contribution in [0.3, 0.4) is 0 Å². The first-order valence-electron chi connectivity index (χ1n) is 7.79. The van der Waals surface area contributed by atoms with Gasteiger partial charge >= 0.3 is 6.18 Å². The first kappa shape index (κ1) is 21.4. The third-order valence-electron chi connectivity index (χ3n) is 4.14. The van der Waals surface area contributed by atoms with E-state index in [9.17, 15) is 18.0 Å². The fourth-order valence-electron chi connectivity index (χ4n) is 3.02. The molecule has 142 valence electrons. The summed E-state index contributed by atoms with van der Waals surface area (Å²) >= 11 is 0. The van der Waals surface area contributed by atoms with Gasteiger partial charge in [0.2, 0.25) is 11.9 Å². The highest BCUT2D eigenvalue weighted by Crippen LogP contribution is 2.26. The second kappa shape index (κ2) is 8.66. The summed E-state index contributed by atoms with van der Waals surface area (Å²) < 4.78 is 37.0. The van der Waals surface area contributed by atoms with Crippen molar-refractivity contribution in [3.8, 4) is 0 Å². The minimum atomic E-state index is -4.49. The van der Waals surface area contributed by atoms with E-state index in [1.807, 2.05) is 13.8 Å². The Balaban J connectivity index is 0.00000312. The maximum absolute atomic E-state index is 12.3. The fourth-order valence-corrected chi connectivity index (χ4v) is 3.02. The van der Waals surface area contributed by atoms with Crippen LogP contribution in [0.4, 0.5) is 19.1 Å². The highest BCUT2D eigenvalue weighted by molar-refractivity contribution is 5.85. The lowest BCUT2D eigenvalue weighted by atomic mass is 9.91. The molecule has 0 radical (unpaired) electrons. The SMILES string of the molecule is CC(C)[C@H]1CN(Cc2cnc(N)nc2)C[C@@H]1NC(=O)CC(F)(F)F.Cl. The third-order valence-corrected chi connectivity index (χ3v) is 4.14. The lowest BCUT2D eigenvalue weighted by molar-refractivity contribution is -0.154. The van der Waals surface area contributed by atoms with Crippen LogP contribution in [-0.2, 0) is 11.3 Å². The molecule has 25 heavy (non-hydrogen) atoms. The molecule has 1 aromatic rings. The first-order chi connectivity index (χ1) is 11.1. The first-order valence-corrected chi connectivity index (χ1v) is 7.79. The van der Waals surface area contributed by atoms with Crippen molar-refractivity contribution < 1.29 is 18.0 Å². The van der Waals surface area contributed by atoms with Crippen molar-refractivity contribution in [2.45, 2.75) is 39.0 Å². The van der Waals surface area contributed by atoms with Gasteiger partial charge in [0.25, 0.3) is 0 Å². The predicted octanol–water partition coefficient (Wildman–Crippen LogP) is 2.01. The highest BCUT2D eigenvalue weighted by Gasteiger charge is 2.38. The molecule has 1 aromatic heterocycles. The van der Waals surface area contributed by atoms with E-state index >= 15 is 0 Å². The summed E-state index contributed by atoms with van der Waals surface area (Å²) in [5.41, 5.74) is 6.32. The Morgan fingerprint density at radius 2 is 1.96 bits per heavy atom. The number of hydrogen-bond acceptors (Lipinski definition) is 5. The Kier molecular flexibility index (Phi) is 7.43. The van der Waals surface area contributed by atoms with Crippen LogP contribution in [0.1, 0.15) is 25.8 Å². The maximum Gasteiger partial charge on any atom is 0.397 e. The molecule has 1 aliphatic rings. The molecule has 1 fully saturated rings. The van der Waals surface area contributed by atoms with Crippen molar-refractivity contribution in [3.63, 3.8) is 0 Å². The van der Waals surface area contributed by atoms with Crippen molar-refractivity contribution in [1.29, 1.82) is 0 Å². The molecule has 1 aliphatic heterocycles. The smallest absolute Gasteiger partial charge is 0.368 e. The summed E-state index contributed by atoms with van der Waals surface area (Å²) in [6, 6.07) is -0.297. The number of rotatable bonds is 5. The summed E-state index contributed by atoms with van der Waals surface area (Å²) in [7, 11) is 0. The quantitative estimate of drug-likeness (QED) is 0.815. The minimum absolute atomic E-state index is 0. The van der Waals surface area contributed by atoms with E-state index in [1.165, 1.54) is 0 Å². The van der Waals surface area contributed by atoms with Crippen LogP contribution in [0.15, 0.2) is 12.4 Å². The molecule has 2 rings (SSSR count). The van der Waals surface area contributed by atoms with Crippen molar-refractivity contribution >= 4 is 24.3 Å². The normalized spacial score (nSPS) is 21.2. The van der Waals surface area contributed by atoms with Gasteiger partial charge < -0.3 is 11.1 Å². The van der Waals surface area contributed by atoms with E-state index in [0.29, 0.717) is 19.6 Å². The number of hydrogen-bond donors (Lipinski definition) is 2. The lowest BCUT2D eigenvalue weighted by Crippen LogP contribution is -2.43. The summed E-state index contributed by atoms with van der Waals surface area (Å²) in [6.07, 6.45) is -2.68. The van der Waals surface area contributed by atoms with E-state index in [2.05, 4.69) is 20.2 Å².